The highest BCUT2D eigenvalue weighted by Gasteiger charge is 2.27. The van der Waals surface area contributed by atoms with Gasteiger partial charge in [-0.3, -0.25) is 0 Å². The molecule has 2 heterocycles. The summed E-state index contributed by atoms with van der Waals surface area (Å²) in [7, 11) is 1.66. The van der Waals surface area contributed by atoms with Crippen molar-refractivity contribution in [3.8, 4) is 5.75 Å². The lowest BCUT2D eigenvalue weighted by atomic mass is 10.2. The molecule has 6 heteroatoms. The monoisotopic (exact) mass is 321 g/mol. The van der Waals surface area contributed by atoms with Crippen LogP contribution >= 0.6 is 0 Å². The van der Waals surface area contributed by atoms with Crippen molar-refractivity contribution in [2.75, 3.05) is 38.2 Å². The van der Waals surface area contributed by atoms with Crippen molar-refractivity contribution in [1.29, 1.82) is 0 Å². The number of hydrogen-bond acceptors (Lipinski definition) is 5. The number of amides is 1. The van der Waals surface area contributed by atoms with Crippen LogP contribution in [0.15, 0.2) is 12.1 Å². The van der Waals surface area contributed by atoms with E-state index in [1.807, 2.05) is 32.9 Å². The van der Waals surface area contributed by atoms with Crippen LogP contribution in [0, 0.1) is 0 Å². The van der Waals surface area contributed by atoms with Crippen LogP contribution in [0.1, 0.15) is 33.4 Å². The van der Waals surface area contributed by atoms with Gasteiger partial charge < -0.3 is 19.3 Å². The molecule has 2 rings (SSSR count). The maximum Gasteiger partial charge on any atom is 0.410 e. The Morgan fingerprint density at radius 1 is 1.22 bits per heavy atom. The van der Waals surface area contributed by atoms with E-state index in [0.717, 1.165) is 36.8 Å². The fraction of sp³-hybridized carbons (Fsp3) is 0.647. The third-order valence-electron chi connectivity index (χ3n) is 3.71. The summed E-state index contributed by atoms with van der Waals surface area (Å²) in [5.74, 6) is 1.63. The summed E-state index contributed by atoms with van der Waals surface area (Å²) in [6.07, 6.45) is 0.633. The van der Waals surface area contributed by atoms with Crippen LogP contribution in [0.25, 0.3) is 0 Å². The van der Waals surface area contributed by atoms with E-state index >= 15 is 0 Å². The molecule has 23 heavy (non-hydrogen) atoms. The molecule has 1 fully saturated rings. The van der Waals surface area contributed by atoms with Crippen molar-refractivity contribution in [2.24, 2.45) is 0 Å². The van der Waals surface area contributed by atoms with E-state index in [9.17, 15) is 4.79 Å². The Morgan fingerprint density at radius 3 is 2.39 bits per heavy atom. The first-order chi connectivity index (χ1) is 10.8. The van der Waals surface area contributed by atoms with Crippen LogP contribution in [-0.2, 0) is 11.2 Å². The number of rotatable bonds is 3. The van der Waals surface area contributed by atoms with E-state index in [0.29, 0.717) is 13.1 Å². The molecule has 1 aliphatic rings. The van der Waals surface area contributed by atoms with E-state index in [-0.39, 0.29) is 6.09 Å². The van der Waals surface area contributed by atoms with Gasteiger partial charge in [0.2, 0.25) is 0 Å². The summed E-state index contributed by atoms with van der Waals surface area (Å²) in [6, 6.07) is 3.95. The van der Waals surface area contributed by atoms with Crippen molar-refractivity contribution in [3.63, 3.8) is 0 Å². The standard InChI is InChI=1S/C17H27N3O3/c1-6-13-7-8-14(22-5)15(18-13)19-9-11-20(12-10-19)16(21)23-17(2,3)4/h7-8H,6,9-12H2,1-5H3. The zero-order valence-electron chi connectivity index (χ0n) is 14.8. The van der Waals surface area contributed by atoms with Crippen LogP contribution in [0.4, 0.5) is 10.6 Å². The maximum absolute atomic E-state index is 12.1. The Hall–Kier alpha value is -1.98. The molecule has 6 nitrogen and oxygen atoms in total. The summed E-state index contributed by atoms with van der Waals surface area (Å²) in [5.41, 5.74) is 0.574. The maximum atomic E-state index is 12.1. The van der Waals surface area contributed by atoms with Crippen molar-refractivity contribution >= 4 is 11.9 Å². The molecule has 1 aromatic rings. The quantitative estimate of drug-likeness (QED) is 0.857. The van der Waals surface area contributed by atoms with Crippen LogP contribution in [0.3, 0.4) is 0 Å². The van der Waals surface area contributed by atoms with Crippen molar-refractivity contribution in [1.82, 2.24) is 9.88 Å². The Morgan fingerprint density at radius 2 is 1.87 bits per heavy atom. The number of carbonyl (C=O) groups excluding carboxylic acids is 1. The lowest BCUT2D eigenvalue weighted by Gasteiger charge is -2.36. The predicted molar refractivity (Wildman–Crippen MR) is 90.2 cm³/mol. The number of aromatic nitrogens is 1. The van der Waals surface area contributed by atoms with Gasteiger partial charge in [0.1, 0.15) is 5.60 Å². The summed E-state index contributed by atoms with van der Waals surface area (Å²) in [5, 5.41) is 0. The second-order valence-electron chi connectivity index (χ2n) is 6.64. The minimum absolute atomic E-state index is 0.251. The first kappa shape index (κ1) is 17.4. The third kappa shape index (κ3) is 4.50. The molecule has 0 N–H and O–H groups in total. The van der Waals surface area contributed by atoms with Gasteiger partial charge in [0, 0.05) is 31.9 Å². The SMILES string of the molecule is CCc1ccc(OC)c(N2CCN(C(=O)OC(C)(C)C)CC2)n1. The molecule has 0 aromatic carbocycles. The average Bonchev–Trinajstić information content (AvgIpc) is 2.52. The lowest BCUT2D eigenvalue weighted by molar-refractivity contribution is 0.0240. The van der Waals surface area contributed by atoms with Gasteiger partial charge in [-0.05, 0) is 39.3 Å². The van der Waals surface area contributed by atoms with E-state index in [2.05, 4.69) is 16.8 Å². The van der Waals surface area contributed by atoms with Crippen molar-refractivity contribution < 1.29 is 14.3 Å². The number of nitrogens with zero attached hydrogens (tertiary/aromatic N) is 3. The summed E-state index contributed by atoms with van der Waals surface area (Å²) in [4.78, 5) is 20.7. The van der Waals surface area contributed by atoms with Gasteiger partial charge in [-0.2, -0.15) is 0 Å². The minimum Gasteiger partial charge on any atom is -0.493 e. The molecule has 128 valence electrons. The zero-order valence-corrected chi connectivity index (χ0v) is 14.8. The molecule has 1 amide bonds. The highest BCUT2D eigenvalue weighted by Crippen LogP contribution is 2.27. The number of anilines is 1. The first-order valence-corrected chi connectivity index (χ1v) is 8.11. The molecule has 1 aliphatic heterocycles. The molecule has 0 unspecified atom stereocenters. The topological polar surface area (TPSA) is 54.9 Å². The van der Waals surface area contributed by atoms with Crippen LogP contribution in [-0.4, -0.2) is 54.9 Å². The average molecular weight is 321 g/mol. The molecule has 0 saturated carbocycles. The number of methoxy groups -OCH3 is 1. The van der Waals surface area contributed by atoms with Gasteiger partial charge in [0.25, 0.3) is 0 Å². The van der Waals surface area contributed by atoms with E-state index < -0.39 is 5.60 Å². The number of carbonyl (C=O) groups is 1. The smallest absolute Gasteiger partial charge is 0.410 e. The fourth-order valence-electron chi connectivity index (χ4n) is 2.48. The van der Waals surface area contributed by atoms with Gasteiger partial charge in [-0.25, -0.2) is 9.78 Å². The number of pyridine rings is 1. The van der Waals surface area contributed by atoms with E-state index in [1.54, 1.807) is 12.0 Å². The predicted octanol–water partition coefficient (Wildman–Crippen LogP) is 2.71. The number of hydrogen-bond donors (Lipinski definition) is 0. The Labute approximate surface area is 138 Å². The molecule has 0 bridgehead atoms. The van der Waals surface area contributed by atoms with Gasteiger partial charge >= 0.3 is 6.09 Å². The summed E-state index contributed by atoms with van der Waals surface area (Å²) in [6.45, 7) is 10.4. The third-order valence-corrected chi connectivity index (χ3v) is 3.71. The molecule has 0 radical (unpaired) electrons. The van der Waals surface area contributed by atoms with Gasteiger partial charge in [-0.1, -0.05) is 6.92 Å². The Kier molecular flexibility index (Phi) is 5.34. The largest absolute Gasteiger partial charge is 0.493 e. The lowest BCUT2D eigenvalue weighted by Crippen LogP contribution is -2.50. The van der Waals surface area contributed by atoms with Crippen molar-refractivity contribution in [3.05, 3.63) is 17.8 Å². The van der Waals surface area contributed by atoms with Crippen LogP contribution in [0.5, 0.6) is 5.75 Å². The normalized spacial score (nSPS) is 15.5. The van der Waals surface area contributed by atoms with Crippen LogP contribution in [0.2, 0.25) is 0 Å². The Balaban J connectivity index is 2.03. The number of ether oxygens (including phenoxy) is 2. The minimum atomic E-state index is -0.464. The van der Waals surface area contributed by atoms with E-state index in [1.165, 1.54) is 0 Å². The molecular formula is C17H27N3O3. The molecular weight excluding hydrogens is 294 g/mol. The second-order valence-corrected chi connectivity index (χ2v) is 6.64. The zero-order chi connectivity index (χ0) is 17.0. The molecule has 0 spiro atoms. The van der Waals surface area contributed by atoms with E-state index in [4.69, 9.17) is 9.47 Å². The summed E-state index contributed by atoms with van der Waals surface area (Å²) < 4.78 is 10.9. The molecule has 1 saturated heterocycles. The van der Waals surface area contributed by atoms with Crippen molar-refractivity contribution in [2.45, 2.75) is 39.7 Å². The molecule has 0 aliphatic carbocycles. The van der Waals surface area contributed by atoms with Gasteiger partial charge in [0.05, 0.1) is 7.11 Å². The summed E-state index contributed by atoms with van der Waals surface area (Å²) >= 11 is 0. The van der Waals surface area contributed by atoms with Crippen LogP contribution < -0.4 is 9.64 Å². The van der Waals surface area contributed by atoms with Gasteiger partial charge in [0.15, 0.2) is 11.6 Å². The number of piperazine rings is 1. The highest BCUT2D eigenvalue weighted by atomic mass is 16.6. The Bertz CT molecular complexity index is 547. The number of aryl methyl sites for hydroxylation is 1. The second kappa shape index (κ2) is 7.06. The first-order valence-electron chi connectivity index (χ1n) is 8.11. The highest BCUT2D eigenvalue weighted by molar-refractivity contribution is 5.68. The molecule has 1 aromatic heterocycles. The van der Waals surface area contributed by atoms with Gasteiger partial charge in [-0.15, -0.1) is 0 Å². The fourth-order valence-corrected chi connectivity index (χ4v) is 2.48. The molecule has 0 atom stereocenters.